The fourth-order valence-electron chi connectivity index (χ4n) is 2.16. The van der Waals surface area contributed by atoms with Crippen LogP contribution >= 0.6 is 0 Å². The summed E-state index contributed by atoms with van der Waals surface area (Å²) in [7, 11) is -6.21. The van der Waals surface area contributed by atoms with Crippen molar-refractivity contribution in [2.45, 2.75) is 58.5 Å². The van der Waals surface area contributed by atoms with Crippen molar-refractivity contribution >= 4 is 31.2 Å². The van der Waals surface area contributed by atoms with Gasteiger partial charge in [0.25, 0.3) is 0 Å². The van der Waals surface area contributed by atoms with Crippen molar-refractivity contribution in [3.05, 3.63) is 36.7 Å². The number of carbonyl (C=O) groups excluding carboxylic acids is 1. The van der Waals surface area contributed by atoms with E-state index in [0.29, 0.717) is 12.2 Å². The lowest BCUT2D eigenvalue weighted by molar-refractivity contribution is -0.139. The van der Waals surface area contributed by atoms with Crippen molar-refractivity contribution in [3.63, 3.8) is 0 Å². The molecule has 0 saturated heterocycles. The second-order valence-corrected chi connectivity index (χ2v) is 19.0. The first-order chi connectivity index (χ1) is 10.9. The average molecular weight is 387 g/mol. The highest BCUT2D eigenvalue weighted by molar-refractivity contribution is 6.91. The number of hydrogen-bond donors (Lipinski definition) is 0. The summed E-state index contributed by atoms with van der Waals surface area (Å²) in [6.45, 7) is 24.1. The van der Waals surface area contributed by atoms with E-state index < -0.39 is 25.2 Å². The van der Waals surface area contributed by atoms with E-state index in [-0.39, 0.29) is 5.97 Å². The fourth-order valence-corrected chi connectivity index (χ4v) is 14.0. The van der Waals surface area contributed by atoms with Gasteiger partial charge in [0.05, 0.1) is 6.61 Å². The molecule has 138 valence electrons. The number of unbranched alkanes of at least 4 members (excludes halogenated alkanes) is 1. The van der Waals surface area contributed by atoms with Gasteiger partial charge in [0.2, 0.25) is 0 Å². The van der Waals surface area contributed by atoms with Crippen LogP contribution in [0.15, 0.2) is 36.7 Å². The van der Waals surface area contributed by atoms with Crippen molar-refractivity contribution in [2.75, 3.05) is 6.61 Å². The molecule has 0 aromatic carbocycles. The fraction of sp³-hybridized carbons (Fsp3) is 0.588. The van der Waals surface area contributed by atoms with E-state index in [1.165, 1.54) is 0 Å². The Morgan fingerprint density at radius 2 is 1.42 bits per heavy atom. The first kappa shape index (κ1) is 23.3. The first-order valence-corrected chi connectivity index (χ1v) is 16.9. The molecule has 0 aliphatic heterocycles. The molecule has 0 aliphatic carbocycles. The molecule has 0 amide bonds. The Morgan fingerprint density at radius 3 is 1.79 bits per heavy atom. The first-order valence-electron chi connectivity index (χ1n) is 8.36. The number of carbonyl (C=O) groups is 1. The normalized spacial score (nSPS) is 12.6. The van der Waals surface area contributed by atoms with E-state index in [0.717, 1.165) is 18.9 Å². The quantitative estimate of drug-likeness (QED) is 0.208. The summed E-state index contributed by atoms with van der Waals surface area (Å²) in [5.74, 6) is -0.331. The molecular weight excluding hydrogens is 352 g/mol. The Hall–Kier alpha value is -0.739. The van der Waals surface area contributed by atoms with Gasteiger partial charge in [0, 0.05) is 5.57 Å². The van der Waals surface area contributed by atoms with Crippen LogP contribution in [0.25, 0.3) is 0 Å². The number of hydrogen-bond acceptors (Lipinski definition) is 4. The van der Waals surface area contributed by atoms with Crippen LogP contribution in [0.3, 0.4) is 0 Å². The second kappa shape index (κ2) is 9.67. The Kier molecular flexibility index (Phi) is 9.37. The van der Waals surface area contributed by atoms with Crippen LogP contribution in [0.5, 0.6) is 0 Å². The van der Waals surface area contributed by atoms with Crippen molar-refractivity contribution in [3.8, 4) is 0 Å². The minimum Gasteiger partial charge on any atom is -0.462 e. The molecule has 7 heteroatoms. The molecule has 0 aromatic heterocycles. The highest BCUT2D eigenvalue weighted by Crippen LogP contribution is 2.26. The van der Waals surface area contributed by atoms with Gasteiger partial charge in [-0.15, -0.1) is 13.2 Å². The predicted molar refractivity (Wildman–Crippen MR) is 109 cm³/mol. The maximum absolute atomic E-state index is 11.4. The Morgan fingerprint density at radius 1 is 0.958 bits per heavy atom. The molecular formula is C17H34O4Si3. The predicted octanol–water partition coefficient (Wildman–Crippen LogP) is 4.85. The van der Waals surface area contributed by atoms with E-state index in [2.05, 4.69) is 52.5 Å². The summed E-state index contributed by atoms with van der Waals surface area (Å²) in [5, 5.41) is 0. The largest absolute Gasteiger partial charge is 0.462 e. The van der Waals surface area contributed by atoms with Gasteiger partial charge in [-0.1, -0.05) is 18.0 Å². The lowest BCUT2D eigenvalue weighted by atomic mass is 10.3. The molecule has 0 fully saturated rings. The molecule has 0 unspecified atom stereocenters. The van der Waals surface area contributed by atoms with E-state index in [9.17, 15) is 4.79 Å². The highest BCUT2D eigenvalue weighted by atomic mass is 28.5. The van der Waals surface area contributed by atoms with Gasteiger partial charge >= 0.3 is 14.5 Å². The molecule has 0 N–H and O–H groups in total. The minimum absolute atomic E-state index is 0.331. The van der Waals surface area contributed by atoms with Crippen LogP contribution in [-0.4, -0.2) is 37.8 Å². The molecule has 0 atom stereocenters. The van der Waals surface area contributed by atoms with Crippen molar-refractivity contribution < 1.29 is 17.8 Å². The van der Waals surface area contributed by atoms with Crippen LogP contribution in [0.4, 0.5) is 0 Å². The third kappa shape index (κ3) is 9.53. The van der Waals surface area contributed by atoms with Gasteiger partial charge in [-0.05, 0) is 58.5 Å². The molecule has 0 saturated carbocycles. The summed E-state index contributed by atoms with van der Waals surface area (Å²) in [6.07, 6.45) is 1.69. The van der Waals surface area contributed by atoms with Gasteiger partial charge in [-0.3, -0.25) is 0 Å². The second-order valence-electron chi connectivity index (χ2n) is 7.33. The summed E-state index contributed by atoms with van der Waals surface area (Å²) >= 11 is 0. The van der Waals surface area contributed by atoms with Gasteiger partial charge in [0.1, 0.15) is 0 Å². The molecule has 4 nitrogen and oxygen atoms in total. The molecule has 0 bridgehead atoms. The zero-order chi connectivity index (χ0) is 19.0. The lowest BCUT2D eigenvalue weighted by Crippen LogP contribution is -2.53. The van der Waals surface area contributed by atoms with E-state index >= 15 is 0 Å². The van der Waals surface area contributed by atoms with Gasteiger partial charge < -0.3 is 13.0 Å². The molecule has 0 rings (SSSR count). The van der Waals surface area contributed by atoms with E-state index in [1.807, 2.05) is 11.4 Å². The van der Waals surface area contributed by atoms with Crippen molar-refractivity contribution in [1.82, 2.24) is 0 Å². The molecule has 0 spiro atoms. The Balaban J connectivity index is 4.72. The van der Waals surface area contributed by atoms with Crippen LogP contribution in [0, 0.1) is 0 Å². The van der Waals surface area contributed by atoms with Crippen LogP contribution < -0.4 is 0 Å². The number of ether oxygens (including phenoxy) is 1. The average Bonchev–Trinajstić information content (AvgIpc) is 2.45. The number of esters is 1. The topological polar surface area (TPSA) is 44.8 Å². The summed E-state index contributed by atoms with van der Waals surface area (Å²) in [5.41, 5.74) is 4.32. The third-order valence-corrected chi connectivity index (χ3v) is 14.4. The molecule has 0 heterocycles. The SMILES string of the molecule is C=C[Si](C)(C)O[Si](C)(CCCCOC(=O)C(=C)C)O[Si](C)(C)C=C. The summed E-state index contributed by atoms with van der Waals surface area (Å²) in [4.78, 5) is 11.4. The van der Waals surface area contributed by atoms with Crippen LogP contribution in [-0.2, 0) is 17.8 Å². The van der Waals surface area contributed by atoms with Crippen molar-refractivity contribution in [1.29, 1.82) is 0 Å². The maximum atomic E-state index is 11.4. The van der Waals surface area contributed by atoms with Gasteiger partial charge in [-0.2, -0.15) is 0 Å². The summed E-state index contributed by atoms with van der Waals surface area (Å²) < 4.78 is 18.1. The van der Waals surface area contributed by atoms with E-state index in [4.69, 9.17) is 13.0 Å². The van der Waals surface area contributed by atoms with Crippen molar-refractivity contribution in [2.24, 2.45) is 0 Å². The third-order valence-electron chi connectivity index (χ3n) is 3.55. The minimum atomic E-state index is -2.34. The van der Waals surface area contributed by atoms with Crippen LogP contribution in [0.2, 0.25) is 38.8 Å². The Labute approximate surface area is 151 Å². The Bertz CT molecular complexity index is 450. The lowest BCUT2D eigenvalue weighted by Gasteiger charge is -2.39. The maximum Gasteiger partial charge on any atom is 0.333 e. The zero-order valence-electron chi connectivity index (χ0n) is 16.2. The van der Waals surface area contributed by atoms with Crippen LogP contribution in [0.1, 0.15) is 19.8 Å². The summed E-state index contributed by atoms with van der Waals surface area (Å²) in [6, 6.07) is 0.867. The highest BCUT2D eigenvalue weighted by Gasteiger charge is 2.41. The molecule has 0 radical (unpaired) electrons. The van der Waals surface area contributed by atoms with Gasteiger partial charge in [0.15, 0.2) is 16.6 Å². The number of rotatable bonds is 12. The van der Waals surface area contributed by atoms with E-state index in [1.54, 1.807) is 6.92 Å². The monoisotopic (exact) mass is 386 g/mol. The standard InChI is InChI=1S/C17H34O4Si3/c1-10-22(5,6)20-24(9,21-23(7,8)11-2)15-13-12-14-19-17(18)16(3)4/h10-11H,1-3,12-15H2,4-9H3. The molecule has 0 aliphatic rings. The van der Waals surface area contributed by atoms with Gasteiger partial charge in [-0.25, -0.2) is 4.79 Å². The zero-order valence-corrected chi connectivity index (χ0v) is 19.2. The smallest absolute Gasteiger partial charge is 0.333 e. The molecule has 24 heavy (non-hydrogen) atoms. The molecule has 0 aromatic rings.